The average Bonchev–Trinajstić information content (AvgIpc) is 2.70. The molecule has 0 amide bonds. The van der Waals surface area contributed by atoms with Gasteiger partial charge in [0.05, 0.1) is 17.3 Å². The Morgan fingerprint density at radius 2 is 2.29 bits per heavy atom. The number of nitriles is 1. The van der Waals surface area contributed by atoms with Gasteiger partial charge >= 0.3 is 0 Å². The van der Waals surface area contributed by atoms with Crippen LogP contribution in [0, 0.1) is 11.3 Å². The van der Waals surface area contributed by atoms with E-state index in [4.69, 9.17) is 5.26 Å². The van der Waals surface area contributed by atoms with E-state index in [1.54, 1.807) is 23.0 Å². The number of hydrogen-bond acceptors (Lipinski definition) is 2. The average molecular weight is 248 g/mol. The zero-order valence-electron chi connectivity index (χ0n) is 7.18. The molecule has 0 aliphatic heterocycles. The molecule has 1 heterocycles. The Bertz CT molecular complexity index is 483. The van der Waals surface area contributed by atoms with E-state index < -0.39 is 0 Å². The van der Waals surface area contributed by atoms with Crippen LogP contribution in [0.5, 0.6) is 0 Å². The summed E-state index contributed by atoms with van der Waals surface area (Å²) < 4.78 is 2.60. The molecule has 4 heteroatoms. The van der Waals surface area contributed by atoms with E-state index in [1.807, 2.05) is 18.3 Å². The van der Waals surface area contributed by atoms with Crippen molar-refractivity contribution < 1.29 is 0 Å². The lowest BCUT2D eigenvalue weighted by molar-refractivity contribution is 0.876. The molecular formula is C10H6BrN3. The first-order valence-electron chi connectivity index (χ1n) is 4.01. The van der Waals surface area contributed by atoms with Gasteiger partial charge < -0.3 is 0 Å². The molecule has 68 valence electrons. The Morgan fingerprint density at radius 3 is 2.86 bits per heavy atom. The van der Waals surface area contributed by atoms with Gasteiger partial charge in [0.25, 0.3) is 0 Å². The molecule has 0 saturated carbocycles. The van der Waals surface area contributed by atoms with Gasteiger partial charge in [-0.05, 0) is 40.2 Å². The Kier molecular flexibility index (Phi) is 2.33. The van der Waals surface area contributed by atoms with Crippen molar-refractivity contribution >= 4 is 15.9 Å². The summed E-state index contributed by atoms with van der Waals surface area (Å²) >= 11 is 3.40. The van der Waals surface area contributed by atoms with E-state index in [0.717, 1.165) is 10.2 Å². The standard InChI is InChI=1S/C10H6BrN3/c11-9-6-8(7-12)2-3-10(9)14-5-1-4-13-14/h1-6H. The summed E-state index contributed by atoms with van der Waals surface area (Å²) in [7, 11) is 0. The minimum atomic E-state index is 0.632. The van der Waals surface area contributed by atoms with Gasteiger partial charge in [-0.1, -0.05) is 0 Å². The van der Waals surface area contributed by atoms with E-state index in [2.05, 4.69) is 27.1 Å². The molecule has 0 atom stereocenters. The smallest absolute Gasteiger partial charge is 0.0992 e. The summed E-state index contributed by atoms with van der Waals surface area (Å²) in [6.07, 6.45) is 3.57. The minimum absolute atomic E-state index is 0.632. The van der Waals surface area contributed by atoms with Crippen LogP contribution >= 0.6 is 15.9 Å². The van der Waals surface area contributed by atoms with Gasteiger partial charge in [-0.25, -0.2) is 4.68 Å². The van der Waals surface area contributed by atoms with Crippen molar-refractivity contribution in [3.63, 3.8) is 0 Å². The van der Waals surface area contributed by atoms with Crippen molar-refractivity contribution in [1.82, 2.24) is 9.78 Å². The highest BCUT2D eigenvalue weighted by atomic mass is 79.9. The molecule has 2 rings (SSSR count). The van der Waals surface area contributed by atoms with E-state index >= 15 is 0 Å². The zero-order valence-corrected chi connectivity index (χ0v) is 8.77. The van der Waals surface area contributed by atoms with Gasteiger partial charge in [-0.3, -0.25) is 0 Å². The number of rotatable bonds is 1. The Labute approximate surface area is 89.7 Å². The summed E-state index contributed by atoms with van der Waals surface area (Å²) in [6.45, 7) is 0. The molecular weight excluding hydrogens is 242 g/mol. The molecule has 0 radical (unpaired) electrons. The van der Waals surface area contributed by atoms with Gasteiger partial charge in [-0.15, -0.1) is 0 Å². The van der Waals surface area contributed by atoms with Gasteiger partial charge in [-0.2, -0.15) is 10.4 Å². The van der Waals surface area contributed by atoms with Crippen molar-refractivity contribution in [2.75, 3.05) is 0 Å². The molecule has 0 aliphatic rings. The molecule has 1 aromatic carbocycles. The normalized spacial score (nSPS) is 9.71. The third-order valence-electron chi connectivity index (χ3n) is 1.83. The second kappa shape index (κ2) is 3.64. The van der Waals surface area contributed by atoms with Crippen LogP contribution in [0.1, 0.15) is 5.56 Å². The lowest BCUT2D eigenvalue weighted by atomic mass is 10.2. The van der Waals surface area contributed by atoms with Crippen LogP contribution in [0.3, 0.4) is 0 Å². The molecule has 3 nitrogen and oxygen atoms in total. The van der Waals surface area contributed by atoms with E-state index in [1.165, 1.54) is 0 Å². The number of benzene rings is 1. The summed E-state index contributed by atoms with van der Waals surface area (Å²) in [5.41, 5.74) is 1.56. The van der Waals surface area contributed by atoms with Crippen LogP contribution in [0.2, 0.25) is 0 Å². The largest absolute Gasteiger partial charge is 0.240 e. The fourth-order valence-corrected chi connectivity index (χ4v) is 1.73. The predicted octanol–water partition coefficient (Wildman–Crippen LogP) is 2.51. The molecule has 1 aromatic heterocycles. The Hall–Kier alpha value is -1.60. The van der Waals surface area contributed by atoms with E-state index in [9.17, 15) is 0 Å². The molecule has 0 aliphatic carbocycles. The number of nitrogens with zero attached hydrogens (tertiary/aromatic N) is 3. The third-order valence-corrected chi connectivity index (χ3v) is 2.46. The topological polar surface area (TPSA) is 41.6 Å². The molecule has 0 unspecified atom stereocenters. The highest BCUT2D eigenvalue weighted by molar-refractivity contribution is 9.10. The fraction of sp³-hybridized carbons (Fsp3) is 0. The summed E-state index contributed by atoms with van der Waals surface area (Å²) in [5.74, 6) is 0. The van der Waals surface area contributed by atoms with Crippen LogP contribution in [-0.4, -0.2) is 9.78 Å². The summed E-state index contributed by atoms with van der Waals surface area (Å²) in [5, 5.41) is 12.8. The maximum Gasteiger partial charge on any atom is 0.0992 e. The Balaban J connectivity index is 2.52. The highest BCUT2D eigenvalue weighted by Gasteiger charge is 2.02. The SMILES string of the molecule is N#Cc1ccc(-n2cccn2)c(Br)c1. The summed E-state index contributed by atoms with van der Waals surface area (Å²) in [4.78, 5) is 0. The van der Waals surface area contributed by atoms with E-state index in [-0.39, 0.29) is 0 Å². The molecule has 14 heavy (non-hydrogen) atoms. The lowest BCUT2D eigenvalue weighted by Gasteiger charge is -2.03. The Morgan fingerprint density at radius 1 is 1.43 bits per heavy atom. The molecule has 0 bridgehead atoms. The number of hydrogen-bond donors (Lipinski definition) is 0. The number of halogens is 1. The summed E-state index contributed by atoms with van der Waals surface area (Å²) in [6, 6.07) is 9.33. The fourth-order valence-electron chi connectivity index (χ4n) is 1.17. The monoisotopic (exact) mass is 247 g/mol. The molecule has 0 fully saturated rings. The second-order valence-corrected chi connectivity index (χ2v) is 3.58. The van der Waals surface area contributed by atoms with Crippen LogP contribution in [-0.2, 0) is 0 Å². The van der Waals surface area contributed by atoms with Crippen LogP contribution < -0.4 is 0 Å². The van der Waals surface area contributed by atoms with Crippen molar-refractivity contribution in [1.29, 1.82) is 5.26 Å². The first-order valence-corrected chi connectivity index (χ1v) is 4.80. The lowest BCUT2D eigenvalue weighted by Crippen LogP contribution is -1.95. The predicted molar refractivity (Wildman–Crippen MR) is 56.0 cm³/mol. The zero-order chi connectivity index (χ0) is 9.97. The van der Waals surface area contributed by atoms with Crippen LogP contribution in [0.15, 0.2) is 41.1 Å². The first kappa shape index (κ1) is 8.97. The maximum atomic E-state index is 8.69. The first-order chi connectivity index (χ1) is 6.81. The second-order valence-electron chi connectivity index (χ2n) is 2.73. The third kappa shape index (κ3) is 1.54. The van der Waals surface area contributed by atoms with Crippen molar-refractivity contribution in [3.05, 3.63) is 46.7 Å². The van der Waals surface area contributed by atoms with Crippen molar-refractivity contribution in [2.45, 2.75) is 0 Å². The van der Waals surface area contributed by atoms with Gasteiger partial charge in [0.1, 0.15) is 0 Å². The van der Waals surface area contributed by atoms with Gasteiger partial charge in [0, 0.05) is 16.9 Å². The van der Waals surface area contributed by atoms with E-state index in [0.29, 0.717) is 5.56 Å². The van der Waals surface area contributed by atoms with Crippen LogP contribution in [0.25, 0.3) is 5.69 Å². The quantitative estimate of drug-likeness (QED) is 0.777. The number of aromatic nitrogens is 2. The molecule has 2 aromatic rings. The minimum Gasteiger partial charge on any atom is -0.240 e. The van der Waals surface area contributed by atoms with Gasteiger partial charge in [0.15, 0.2) is 0 Å². The highest BCUT2D eigenvalue weighted by Crippen LogP contribution is 2.21. The molecule has 0 N–H and O–H groups in total. The van der Waals surface area contributed by atoms with Crippen molar-refractivity contribution in [2.24, 2.45) is 0 Å². The van der Waals surface area contributed by atoms with Crippen molar-refractivity contribution in [3.8, 4) is 11.8 Å². The van der Waals surface area contributed by atoms with Gasteiger partial charge in [0.2, 0.25) is 0 Å². The molecule has 0 saturated heterocycles. The molecule has 0 spiro atoms. The van der Waals surface area contributed by atoms with Crippen LogP contribution in [0.4, 0.5) is 0 Å². The maximum absolute atomic E-state index is 8.69.